The van der Waals surface area contributed by atoms with Crippen LogP contribution in [0.3, 0.4) is 0 Å². The van der Waals surface area contributed by atoms with Gasteiger partial charge in [0, 0.05) is 19.1 Å². The van der Waals surface area contributed by atoms with Gasteiger partial charge in [0.2, 0.25) is 10.0 Å². The summed E-state index contributed by atoms with van der Waals surface area (Å²) in [5.74, 6) is -1.13. The van der Waals surface area contributed by atoms with E-state index in [-0.39, 0.29) is 21.5 Å². The van der Waals surface area contributed by atoms with Gasteiger partial charge in [0.15, 0.2) is 0 Å². The van der Waals surface area contributed by atoms with E-state index in [0.717, 1.165) is 5.56 Å². The molecule has 1 N–H and O–H groups in total. The lowest BCUT2D eigenvalue weighted by molar-refractivity contribution is 0.0707. The zero-order chi connectivity index (χ0) is 20.5. The van der Waals surface area contributed by atoms with E-state index < -0.39 is 21.7 Å². The van der Waals surface area contributed by atoms with Gasteiger partial charge >= 0.3 is 0 Å². The summed E-state index contributed by atoms with van der Waals surface area (Å²) in [7, 11) is -3.65. The summed E-state index contributed by atoms with van der Waals surface area (Å²) in [6.07, 6.45) is 0.893. The Morgan fingerprint density at radius 3 is 2.46 bits per heavy atom. The number of hydrogen-bond acceptors (Lipinski definition) is 3. The maximum absolute atomic E-state index is 14.0. The lowest BCUT2D eigenvalue weighted by atomic mass is 10.0. The van der Waals surface area contributed by atoms with Crippen LogP contribution in [0.25, 0.3) is 0 Å². The Kier molecular flexibility index (Phi) is 6.07. The first-order valence-corrected chi connectivity index (χ1v) is 10.9. The number of hydrogen-bond donors (Lipinski definition) is 1. The predicted molar refractivity (Wildman–Crippen MR) is 107 cm³/mol. The third-order valence-electron chi connectivity index (χ3n) is 4.90. The Labute approximate surface area is 169 Å². The summed E-state index contributed by atoms with van der Waals surface area (Å²) < 4.78 is 42.1. The van der Waals surface area contributed by atoms with Crippen molar-refractivity contribution in [3.05, 3.63) is 63.9 Å². The number of piperidine rings is 1. The monoisotopic (exact) mass is 424 g/mol. The molecule has 0 bridgehead atoms. The fraction of sp³-hybridized carbons (Fsp3) is 0.350. The van der Waals surface area contributed by atoms with E-state index in [0.29, 0.717) is 31.5 Å². The molecule has 1 aliphatic heterocycles. The van der Waals surface area contributed by atoms with Crippen molar-refractivity contribution >= 4 is 27.5 Å². The van der Waals surface area contributed by atoms with Crippen LogP contribution in [0.5, 0.6) is 0 Å². The van der Waals surface area contributed by atoms with E-state index in [9.17, 15) is 17.6 Å². The van der Waals surface area contributed by atoms with Gasteiger partial charge in [-0.25, -0.2) is 17.5 Å². The highest BCUT2D eigenvalue weighted by molar-refractivity contribution is 7.89. The van der Waals surface area contributed by atoms with Crippen molar-refractivity contribution in [2.45, 2.75) is 37.6 Å². The predicted octanol–water partition coefficient (Wildman–Crippen LogP) is 3.68. The van der Waals surface area contributed by atoms with E-state index in [1.54, 1.807) is 19.1 Å². The molecule has 150 valence electrons. The molecule has 2 aromatic carbocycles. The molecule has 8 heteroatoms. The van der Waals surface area contributed by atoms with Gasteiger partial charge in [0.1, 0.15) is 5.82 Å². The Bertz CT molecular complexity index is 982. The molecule has 1 aliphatic rings. The van der Waals surface area contributed by atoms with Crippen LogP contribution in [0, 0.1) is 19.7 Å². The van der Waals surface area contributed by atoms with Gasteiger partial charge in [-0.1, -0.05) is 35.4 Å². The van der Waals surface area contributed by atoms with Crippen molar-refractivity contribution < 1.29 is 17.6 Å². The summed E-state index contributed by atoms with van der Waals surface area (Å²) >= 11 is 5.97. The van der Waals surface area contributed by atoms with Crippen molar-refractivity contribution in [3.63, 3.8) is 0 Å². The minimum atomic E-state index is -3.65. The van der Waals surface area contributed by atoms with Crippen LogP contribution in [0.4, 0.5) is 4.39 Å². The average Bonchev–Trinajstić information content (AvgIpc) is 2.61. The highest BCUT2D eigenvalue weighted by atomic mass is 35.5. The second kappa shape index (κ2) is 8.19. The first-order valence-electron chi connectivity index (χ1n) is 9.02. The third kappa shape index (κ3) is 4.37. The molecule has 2 aromatic rings. The lowest BCUT2D eigenvalue weighted by Crippen LogP contribution is -2.46. The Balaban J connectivity index is 1.66. The van der Waals surface area contributed by atoms with Crippen molar-refractivity contribution in [2.75, 3.05) is 13.1 Å². The molecule has 0 radical (unpaired) electrons. The number of nitrogens with zero attached hydrogens (tertiary/aromatic N) is 1. The van der Waals surface area contributed by atoms with Crippen molar-refractivity contribution in [1.82, 2.24) is 9.62 Å². The molecule has 5 nitrogen and oxygen atoms in total. The zero-order valence-corrected chi connectivity index (χ0v) is 17.3. The Morgan fingerprint density at radius 1 is 1.18 bits per heavy atom. The van der Waals surface area contributed by atoms with Crippen molar-refractivity contribution in [1.29, 1.82) is 0 Å². The second-order valence-electron chi connectivity index (χ2n) is 7.05. The summed E-state index contributed by atoms with van der Waals surface area (Å²) in [4.78, 5) is 14.4. The molecule has 0 aliphatic carbocycles. The topological polar surface area (TPSA) is 66.5 Å². The van der Waals surface area contributed by atoms with Crippen LogP contribution in [-0.4, -0.2) is 38.4 Å². The number of likely N-dealkylation sites (tertiary alicyclic amines) is 1. The Hall–Kier alpha value is -1.96. The number of halogens is 2. The van der Waals surface area contributed by atoms with Gasteiger partial charge in [-0.05, 0) is 50.5 Å². The highest BCUT2D eigenvalue weighted by Crippen LogP contribution is 2.24. The van der Waals surface area contributed by atoms with E-state index >= 15 is 0 Å². The molecule has 1 heterocycles. The van der Waals surface area contributed by atoms with Crippen LogP contribution in [-0.2, 0) is 10.0 Å². The number of benzene rings is 2. The van der Waals surface area contributed by atoms with E-state index in [1.165, 1.54) is 23.1 Å². The van der Waals surface area contributed by atoms with Gasteiger partial charge < -0.3 is 4.90 Å². The number of nitrogens with one attached hydrogen (secondary N) is 1. The number of rotatable bonds is 4. The van der Waals surface area contributed by atoms with Crippen LogP contribution in [0.2, 0.25) is 5.02 Å². The van der Waals surface area contributed by atoms with E-state index in [2.05, 4.69) is 4.72 Å². The molecule has 0 atom stereocenters. The Morgan fingerprint density at radius 2 is 1.86 bits per heavy atom. The fourth-order valence-electron chi connectivity index (χ4n) is 3.44. The molecule has 3 rings (SSSR count). The SMILES string of the molecule is Cc1ccc(S(=O)(=O)NC2CCN(C(=O)c3c(F)cccc3Cl)CC2)c(C)c1. The minimum Gasteiger partial charge on any atom is -0.338 e. The molecule has 0 spiro atoms. The molecular weight excluding hydrogens is 403 g/mol. The molecule has 1 saturated heterocycles. The van der Waals surface area contributed by atoms with Crippen molar-refractivity contribution in [2.24, 2.45) is 0 Å². The third-order valence-corrected chi connectivity index (χ3v) is 6.90. The first-order chi connectivity index (χ1) is 13.2. The summed E-state index contributed by atoms with van der Waals surface area (Å²) in [5.41, 5.74) is 1.54. The number of carbonyl (C=O) groups is 1. The van der Waals surface area contributed by atoms with Gasteiger partial charge in [0.25, 0.3) is 5.91 Å². The molecule has 0 saturated carbocycles. The summed E-state index contributed by atoms with van der Waals surface area (Å²) in [6, 6.07) is 9.03. The van der Waals surface area contributed by atoms with Crippen LogP contribution >= 0.6 is 11.6 Å². The van der Waals surface area contributed by atoms with Crippen LogP contribution < -0.4 is 4.72 Å². The second-order valence-corrected chi connectivity index (χ2v) is 9.14. The smallest absolute Gasteiger partial charge is 0.258 e. The summed E-state index contributed by atoms with van der Waals surface area (Å²) in [6.45, 7) is 4.32. The number of sulfonamides is 1. The minimum absolute atomic E-state index is 0.0719. The molecule has 1 fully saturated rings. The lowest BCUT2D eigenvalue weighted by Gasteiger charge is -2.32. The maximum atomic E-state index is 14.0. The zero-order valence-electron chi connectivity index (χ0n) is 15.7. The normalized spacial score (nSPS) is 15.6. The number of amides is 1. The van der Waals surface area contributed by atoms with Gasteiger partial charge in [-0.15, -0.1) is 0 Å². The molecular formula is C20H22ClFN2O3S. The molecule has 0 aromatic heterocycles. The largest absolute Gasteiger partial charge is 0.338 e. The number of carbonyl (C=O) groups excluding carboxylic acids is 1. The van der Waals surface area contributed by atoms with Crippen LogP contribution in [0.15, 0.2) is 41.3 Å². The van der Waals surface area contributed by atoms with Gasteiger partial charge in [0.05, 0.1) is 15.5 Å². The molecule has 1 amide bonds. The van der Waals surface area contributed by atoms with Crippen LogP contribution in [0.1, 0.15) is 34.3 Å². The molecule has 0 unspecified atom stereocenters. The van der Waals surface area contributed by atoms with E-state index in [4.69, 9.17) is 11.6 Å². The maximum Gasteiger partial charge on any atom is 0.258 e. The summed E-state index contributed by atoms with van der Waals surface area (Å²) in [5, 5.41) is 0.0719. The highest BCUT2D eigenvalue weighted by Gasteiger charge is 2.29. The van der Waals surface area contributed by atoms with Crippen molar-refractivity contribution in [3.8, 4) is 0 Å². The molecule has 28 heavy (non-hydrogen) atoms. The standard InChI is InChI=1S/C20H22ClFN2O3S/c1-13-6-7-18(14(2)12-13)28(26,27)23-15-8-10-24(11-9-15)20(25)19-16(21)4-3-5-17(19)22/h3-7,12,15,23H,8-11H2,1-2H3. The van der Waals surface area contributed by atoms with Gasteiger partial charge in [-0.2, -0.15) is 0 Å². The number of aryl methyl sites for hydroxylation is 2. The van der Waals surface area contributed by atoms with E-state index in [1.807, 2.05) is 13.0 Å². The first kappa shape index (κ1) is 20.8. The average molecular weight is 425 g/mol. The quantitative estimate of drug-likeness (QED) is 0.814. The fourth-order valence-corrected chi connectivity index (χ4v) is 5.22. The van der Waals surface area contributed by atoms with Gasteiger partial charge in [-0.3, -0.25) is 4.79 Å².